The molecule has 0 aliphatic rings. The van der Waals surface area contributed by atoms with Gasteiger partial charge >= 0.3 is 0 Å². The lowest BCUT2D eigenvalue weighted by atomic mass is 9.91. The Morgan fingerprint density at radius 1 is 0.142 bits per heavy atom. The van der Waals surface area contributed by atoms with Crippen LogP contribution in [0.25, 0.3) is 224 Å². The van der Waals surface area contributed by atoms with Gasteiger partial charge in [0.2, 0.25) is 0 Å². The fourth-order valence-corrected chi connectivity index (χ4v) is 16.0. The van der Waals surface area contributed by atoms with Crippen molar-refractivity contribution in [2.45, 2.75) is 0 Å². The third-order valence-electron chi connectivity index (χ3n) is 21.9. The van der Waals surface area contributed by atoms with E-state index >= 15 is 0 Å². The maximum absolute atomic E-state index is 6.83. The van der Waals surface area contributed by atoms with Crippen molar-refractivity contribution in [3.8, 4) is 169 Å². The molecule has 22 aromatic rings. The summed E-state index contributed by atoms with van der Waals surface area (Å²) in [6.07, 6.45) is 0. The average molecular weight is 1540 g/mol. The van der Waals surface area contributed by atoms with E-state index in [1.165, 1.54) is 0 Å². The lowest BCUT2D eigenvalue weighted by Crippen LogP contribution is -2.00. The number of benzene rings is 16. The fraction of sp³-hybridized carbons (Fsp3) is 0. The molecule has 6 heterocycles. The van der Waals surface area contributed by atoms with Crippen LogP contribution in [0.3, 0.4) is 0 Å². The third-order valence-corrected chi connectivity index (χ3v) is 21.9. The molecule has 16 aromatic carbocycles. The summed E-state index contributed by atoms with van der Waals surface area (Å²) in [6.45, 7) is 0. The summed E-state index contributed by atoms with van der Waals surface area (Å²) < 4.78 is 13.5. The Bertz CT molecular complexity index is 7300. The van der Waals surface area contributed by atoms with Crippen molar-refractivity contribution in [3.05, 3.63) is 419 Å². The third kappa shape index (κ3) is 13.9. The molecule has 0 fully saturated rings. The first-order chi connectivity index (χ1) is 59.5. The quantitative estimate of drug-likeness (QED) is 0.0968. The highest BCUT2D eigenvalue weighted by Gasteiger charge is 2.25. The highest BCUT2D eigenvalue weighted by Crippen LogP contribution is 2.47. The number of hydrogen-bond acceptors (Lipinski definition) is 11. The molecule has 22 rings (SSSR count). The molecule has 0 aliphatic heterocycles. The van der Waals surface area contributed by atoms with Gasteiger partial charge in [0.1, 0.15) is 22.3 Å². The molecule has 0 radical (unpaired) electrons. The fourth-order valence-electron chi connectivity index (χ4n) is 16.0. The number of aromatic nitrogens is 9. The van der Waals surface area contributed by atoms with Gasteiger partial charge in [0, 0.05) is 99.4 Å². The van der Waals surface area contributed by atoms with Crippen molar-refractivity contribution >= 4 is 54.6 Å². The normalized spacial score (nSPS) is 11.3. The topological polar surface area (TPSA) is 142 Å². The first-order valence-electron chi connectivity index (χ1n) is 40.0. The van der Waals surface area contributed by atoms with Crippen LogP contribution in [0.2, 0.25) is 0 Å². The van der Waals surface area contributed by atoms with E-state index in [0.29, 0.717) is 34.9 Å². The van der Waals surface area contributed by atoms with Crippen molar-refractivity contribution in [1.82, 2.24) is 44.9 Å². The van der Waals surface area contributed by atoms with Gasteiger partial charge in [-0.25, -0.2) is 44.9 Å². The Morgan fingerprint density at radius 3 is 0.800 bits per heavy atom. The lowest BCUT2D eigenvalue weighted by molar-refractivity contribution is 0.669. The van der Waals surface area contributed by atoms with E-state index in [1.807, 2.05) is 200 Å². The maximum Gasteiger partial charge on any atom is 0.164 e. The predicted octanol–water partition coefficient (Wildman–Crippen LogP) is 27.9. The number of rotatable bonds is 15. The monoisotopic (exact) mass is 1540 g/mol. The summed E-state index contributed by atoms with van der Waals surface area (Å²) in [6, 6.07) is 143. The number of nitrogens with zero attached hydrogens (tertiary/aromatic N) is 9. The standard InChI is InChI=1S/C56H36N4O.C53H33N5O/c1-5-15-39(16-6-1)48-35-49(40-17-7-2-8-18-40)59-56(58-48)44-31-27-38(28-32-44)46-34-33-45(53-47-23-13-14-24-52(47)61-54(46)53)37-25-29-42(30-26-37)51-36-50(41-19-9-3-10-20-41)57-55(60-51)43-21-11-4-12-22-43;1-5-17-34(18-6-1)45-33-46(55-50(54-45)35-19-7-2-8-20-35)41-30-29-40(38-25-13-14-26-39(38)41)42-31-32-44(48-43-27-15-16-28-47(43)59-49(42)48)53-57-51(36-21-9-3-10-22-36)56-52(58-53)37-23-11-4-12-24-37/h1-36H;1-33H. The molecule has 0 saturated carbocycles. The highest BCUT2D eigenvalue weighted by atomic mass is 16.3. The Balaban J connectivity index is 0.000000149. The first kappa shape index (κ1) is 71.4. The average Bonchev–Trinajstić information content (AvgIpc) is 1.51. The molecule has 11 nitrogen and oxygen atoms in total. The minimum absolute atomic E-state index is 0.577. The second-order valence-electron chi connectivity index (χ2n) is 29.4. The minimum atomic E-state index is 0.577. The van der Waals surface area contributed by atoms with E-state index in [4.69, 9.17) is 53.7 Å². The molecule has 0 spiro atoms. The van der Waals surface area contributed by atoms with Gasteiger partial charge in [-0.3, -0.25) is 0 Å². The molecule has 562 valence electrons. The second-order valence-corrected chi connectivity index (χ2v) is 29.4. The van der Waals surface area contributed by atoms with Gasteiger partial charge in [0.05, 0.1) is 34.2 Å². The molecular weight excluding hydrogens is 1470 g/mol. The molecular formula is C109H69N9O2. The Labute approximate surface area is 691 Å². The van der Waals surface area contributed by atoms with Crippen LogP contribution >= 0.6 is 0 Å². The number of para-hydroxylation sites is 2. The Morgan fingerprint density at radius 2 is 0.383 bits per heavy atom. The molecule has 0 N–H and O–H groups in total. The van der Waals surface area contributed by atoms with Crippen LogP contribution in [-0.4, -0.2) is 44.9 Å². The minimum Gasteiger partial charge on any atom is -0.455 e. The molecule has 0 saturated heterocycles. The molecule has 0 bridgehead atoms. The van der Waals surface area contributed by atoms with Crippen LogP contribution in [0.15, 0.2) is 427 Å². The van der Waals surface area contributed by atoms with Gasteiger partial charge in [0.15, 0.2) is 34.9 Å². The summed E-state index contributed by atoms with van der Waals surface area (Å²) in [5, 5.41) is 6.25. The number of fused-ring (bicyclic) bond motifs is 7. The van der Waals surface area contributed by atoms with Crippen LogP contribution in [0.5, 0.6) is 0 Å². The van der Waals surface area contributed by atoms with E-state index in [-0.39, 0.29) is 0 Å². The molecule has 11 heteroatoms. The summed E-state index contributed by atoms with van der Waals surface area (Å²) in [4.78, 5) is 45.5. The van der Waals surface area contributed by atoms with Crippen LogP contribution in [-0.2, 0) is 0 Å². The van der Waals surface area contributed by atoms with Crippen molar-refractivity contribution in [1.29, 1.82) is 0 Å². The van der Waals surface area contributed by atoms with E-state index < -0.39 is 0 Å². The zero-order valence-electron chi connectivity index (χ0n) is 64.7. The van der Waals surface area contributed by atoms with Gasteiger partial charge in [-0.15, -0.1) is 0 Å². The van der Waals surface area contributed by atoms with Crippen LogP contribution in [0, 0.1) is 0 Å². The second kappa shape index (κ2) is 31.4. The van der Waals surface area contributed by atoms with Gasteiger partial charge in [-0.1, -0.05) is 370 Å². The SMILES string of the molecule is c1ccc(-c2cc(-c3ccc(-c4ccc(-c5ccc(-c6nc(-c7ccccc7)cc(-c7ccccc7)n6)cc5)c5oc6ccccc6c45)cc3)nc(-c3ccccc3)n2)cc1.c1ccc(-c2cc(-c3ccc(-c4ccc(-c5nc(-c6ccccc6)nc(-c6ccccc6)n5)c5c4oc4ccccc45)c4ccccc34)nc(-c3ccccc3)n2)cc1. The molecule has 0 atom stereocenters. The predicted molar refractivity (Wildman–Crippen MR) is 487 cm³/mol. The molecule has 6 aromatic heterocycles. The molecule has 0 aliphatic carbocycles. The summed E-state index contributed by atoms with van der Waals surface area (Å²) in [7, 11) is 0. The van der Waals surface area contributed by atoms with Crippen molar-refractivity contribution in [2.75, 3.05) is 0 Å². The van der Waals surface area contributed by atoms with E-state index in [2.05, 4.69) is 218 Å². The largest absolute Gasteiger partial charge is 0.455 e. The van der Waals surface area contributed by atoms with Crippen LogP contribution < -0.4 is 0 Å². The van der Waals surface area contributed by atoms with Gasteiger partial charge in [-0.05, 0) is 81.6 Å². The van der Waals surface area contributed by atoms with Crippen LogP contribution in [0.4, 0.5) is 0 Å². The first-order valence-corrected chi connectivity index (χ1v) is 40.0. The van der Waals surface area contributed by atoms with Crippen molar-refractivity contribution in [2.24, 2.45) is 0 Å². The van der Waals surface area contributed by atoms with Crippen molar-refractivity contribution < 1.29 is 8.83 Å². The molecule has 120 heavy (non-hydrogen) atoms. The Kier molecular flexibility index (Phi) is 18.7. The van der Waals surface area contributed by atoms with E-state index in [1.54, 1.807) is 0 Å². The van der Waals surface area contributed by atoms with E-state index in [9.17, 15) is 0 Å². The number of furan rings is 2. The van der Waals surface area contributed by atoms with Gasteiger partial charge in [0.25, 0.3) is 0 Å². The summed E-state index contributed by atoms with van der Waals surface area (Å²) in [5.41, 5.74) is 26.5. The summed E-state index contributed by atoms with van der Waals surface area (Å²) >= 11 is 0. The van der Waals surface area contributed by atoms with Crippen LogP contribution in [0.1, 0.15) is 0 Å². The smallest absolute Gasteiger partial charge is 0.164 e. The molecule has 0 unspecified atom stereocenters. The highest BCUT2D eigenvalue weighted by molar-refractivity contribution is 6.19. The van der Waals surface area contributed by atoms with Crippen molar-refractivity contribution in [3.63, 3.8) is 0 Å². The number of hydrogen-bond donors (Lipinski definition) is 0. The van der Waals surface area contributed by atoms with E-state index in [0.717, 1.165) is 189 Å². The zero-order chi connectivity index (χ0) is 79.7. The lowest BCUT2D eigenvalue weighted by Gasteiger charge is -2.15. The van der Waals surface area contributed by atoms with Gasteiger partial charge in [-0.2, -0.15) is 0 Å². The Hall–Kier alpha value is -16.4. The zero-order valence-corrected chi connectivity index (χ0v) is 64.7. The maximum atomic E-state index is 6.83. The summed E-state index contributed by atoms with van der Waals surface area (Å²) in [5.74, 6) is 3.84. The molecule has 0 amide bonds. The van der Waals surface area contributed by atoms with Gasteiger partial charge < -0.3 is 8.83 Å².